The SMILES string of the molecule is Fc1ccc(CN2CCC[C@@H](c3nccnc3-n3ccnc3)C2)cc1. The molecule has 0 radical (unpaired) electrons. The van der Waals surface area contributed by atoms with E-state index in [1.165, 1.54) is 12.1 Å². The van der Waals surface area contributed by atoms with Crippen LogP contribution in [0.4, 0.5) is 4.39 Å². The van der Waals surface area contributed by atoms with Gasteiger partial charge < -0.3 is 0 Å². The van der Waals surface area contributed by atoms with E-state index in [9.17, 15) is 4.39 Å². The van der Waals surface area contributed by atoms with Gasteiger partial charge in [-0.3, -0.25) is 14.5 Å². The van der Waals surface area contributed by atoms with Crippen LogP contribution in [-0.2, 0) is 6.54 Å². The number of likely N-dealkylation sites (tertiary alicyclic amines) is 1. The van der Waals surface area contributed by atoms with Crippen LogP contribution in [0.2, 0.25) is 0 Å². The van der Waals surface area contributed by atoms with E-state index in [-0.39, 0.29) is 5.82 Å². The molecule has 0 bridgehead atoms. The van der Waals surface area contributed by atoms with Gasteiger partial charge in [-0.2, -0.15) is 0 Å². The highest BCUT2D eigenvalue weighted by Gasteiger charge is 2.25. The van der Waals surface area contributed by atoms with Gasteiger partial charge in [0, 0.05) is 43.8 Å². The summed E-state index contributed by atoms with van der Waals surface area (Å²) in [6, 6.07) is 6.77. The molecule has 3 heterocycles. The van der Waals surface area contributed by atoms with E-state index in [1.54, 1.807) is 24.9 Å². The summed E-state index contributed by atoms with van der Waals surface area (Å²) in [5.41, 5.74) is 2.15. The van der Waals surface area contributed by atoms with Gasteiger partial charge in [-0.05, 0) is 37.1 Å². The van der Waals surface area contributed by atoms with Crippen LogP contribution < -0.4 is 0 Å². The van der Waals surface area contributed by atoms with E-state index in [2.05, 4.69) is 19.9 Å². The van der Waals surface area contributed by atoms with E-state index < -0.39 is 0 Å². The molecule has 1 aromatic carbocycles. The molecule has 1 atom stereocenters. The molecule has 2 aromatic heterocycles. The highest BCUT2D eigenvalue weighted by molar-refractivity contribution is 5.31. The molecule has 25 heavy (non-hydrogen) atoms. The summed E-state index contributed by atoms with van der Waals surface area (Å²) >= 11 is 0. The number of hydrogen-bond donors (Lipinski definition) is 0. The average Bonchev–Trinajstić information content (AvgIpc) is 3.19. The second-order valence-corrected chi connectivity index (χ2v) is 6.44. The van der Waals surface area contributed by atoms with E-state index in [1.807, 2.05) is 22.9 Å². The van der Waals surface area contributed by atoms with E-state index in [0.29, 0.717) is 5.92 Å². The van der Waals surface area contributed by atoms with Crippen molar-refractivity contribution < 1.29 is 4.39 Å². The molecule has 1 fully saturated rings. The van der Waals surface area contributed by atoms with Gasteiger partial charge in [-0.15, -0.1) is 0 Å². The first-order valence-electron chi connectivity index (χ1n) is 8.55. The minimum atomic E-state index is -0.190. The predicted octanol–water partition coefficient (Wildman–Crippen LogP) is 3.18. The number of benzene rings is 1. The lowest BCUT2D eigenvalue weighted by Crippen LogP contribution is -2.34. The summed E-state index contributed by atoms with van der Waals surface area (Å²) in [5, 5.41) is 0. The third kappa shape index (κ3) is 3.58. The smallest absolute Gasteiger partial charge is 0.160 e. The number of imidazole rings is 1. The number of rotatable bonds is 4. The van der Waals surface area contributed by atoms with Crippen molar-refractivity contribution in [3.63, 3.8) is 0 Å². The fraction of sp³-hybridized carbons (Fsp3) is 0.316. The van der Waals surface area contributed by atoms with Gasteiger partial charge in [-0.25, -0.2) is 14.4 Å². The summed E-state index contributed by atoms with van der Waals surface area (Å²) in [5.74, 6) is 0.999. The molecule has 0 N–H and O–H groups in total. The Morgan fingerprint density at radius 2 is 1.92 bits per heavy atom. The predicted molar refractivity (Wildman–Crippen MR) is 92.8 cm³/mol. The lowest BCUT2D eigenvalue weighted by atomic mass is 9.94. The minimum absolute atomic E-state index is 0.190. The van der Waals surface area contributed by atoms with Gasteiger partial charge in [-0.1, -0.05) is 12.1 Å². The summed E-state index contributed by atoms with van der Waals surface area (Å²) in [6.07, 6.45) is 11.1. The fourth-order valence-corrected chi connectivity index (χ4v) is 3.48. The van der Waals surface area contributed by atoms with Crippen LogP contribution in [0.3, 0.4) is 0 Å². The second kappa shape index (κ2) is 7.11. The molecule has 0 saturated carbocycles. The minimum Gasteiger partial charge on any atom is -0.298 e. The average molecular weight is 337 g/mol. The Morgan fingerprint density at radius 1 is 1.08 bits per heavy atom. The monoisotopic (exact) mass is 337 g/mol. The Hall–Kier alpha value is -2.60. The molecule has 0 spiro atoms. The quantitative estimate of drug-likeness (QED) is 0.734. The lowest BCUT2D eigenvalue weighted by Gasteiger charge is -2.33. The Kier molecular flexibility index (Phi) is 4.52. The molecule has 6 heteroatoms. The molecule has 0 unspecified atom stereocenters. The summed E-state index contributed by atoms with van der Waals surface area (Å²) < 4.78 is 15.0. The van der Waals surface area contributed by atoms with Gasteiger partial charge in [0.05, 0.1) is 5.69 Å². The van der Waals surface area contributed by atoms with Crippen LogP contribution in [-0.4, -0.2) is 37.5 Å². The molecule has 5 nitrogen and oxygen atoms in total. The maximum absolute atomic E-state index is 13.1. The van der Waals surface area contributed by atoms with Gasteiger partial charge in [0.25, 0.3) is 0 Å². The van der Waals surface area contributed by atoms with Gasteiger partial charge >= 0.3 is 0 Å². The first-order valence-corrected chi connectivity index (χ1v) is 8.55. The maximum atomic E-state index is 13.1. The molecule has 1 aliphatic heterocycles. The normalized spacial score (nSPS) is 18.4. The number of halogens is 1. The van der Waals surface area contributed by atoms with Crippen molar-refractivity contribution in [2.24, 2.45) is 0 Å². The zero-order valence-electron chi connectivity index (χ0n) is 13.9. The zero-order chi connectivity index (χ0) is 17.1. The van der Waals surface area contributed by atoms with Crippen LogP contribution in [0.15, 0.2) is 55.4 Å². The molecule has 1 saturated heterocycles. The fourth-order valence-electron chi connectivity index (χ4n) is 3.48. The van der Waals surface area contributed by atoms with Crippen molar-refractivity contribution in [2.75, 3.05) is 13.1 Å². The summed E-state index contributed by atoms with van der Waals surface area (Å²) in [7, 11) is 0. The Balaban J connectivity index is 1.53. The van der Waals surface area contributed by atoms with Crippen molar-refractivity contribution in [3.8, 4) is 5.82 Å². The van der Waals surface area contributed by atoms with Crippen LogP contribution in [0.5, 0.6) is 0 Å². The molecule has 0 amide bonds. The lowest BCUT2D eigenvalue weighted by molar-refractivity contribution is 0.198. The number of piperidine rings is 1. The Morgan fingerprint density at radius 3 is 2.72 bits per heavy atom. The van der Waals surface area contributed by atoms with Crippen molar-refractivity contribution in [1.82, 2.24) is 24.4 Å². The standard InChI is InChI=1S/C19H20FN5/c20-17-5-3-15(4-6-17)12-24-10-1-2-16(13-24)18-19(23-8-7-22-18)25-11-9-21-14-25/h3-9,11,14,16H,1-2,10,12-13H2/t16-/m1/s1. The molecule has 0 aliphatic carbocycles. The van der Waals surface area contributed by atoms with Crippen LogP contribution in [0.25, 0.3) is 5.82 Å². The first-order chi connectivity index (χ1) is 12.3. The van der Waals surface area contributed by atoms with E-state index >= 15 is 0 Å². The molecule has 1 aliphatic rings. The van der Waals surface area contributed by atoms with Gasteiger partial charge in [0.1, 0.15) is 12.1 Å². The van der Waals surface area contributed by atoms with Crippen LogP contribution in [0, 0.1) is 5.82 Å². The summed E-state index contributed by atoms with van der Waals surface area (Å²) in [6.45, 7) is 2.81. The molecular weight excluding hydrogens is 317 g/mol. The maximum Gasteiger partial charge on any atom is 0.160 e. The largest absolute Gasteiger partial charge is 0.298 e. The zero-order valence-corrected chi connectivity index (χ0v) is 13.9. The molecule has 3 aromatic rings. The van der Waals surface area contributed by atoms with Crippen molar-refractivity contribution in [1.29, 1.82) is 0 Å². The van der Waals surface area contributed by atoms with Crippen LogP contribution in [0.1, 0.15) is 30.0 Å². The van der Waals surface area contributed by atoms with Gasteiger partial charge in [0.15, 0.2) is 5.82 Å². The Labute approximate surface area is 146 Å². The van der Waals surface area contributed by atoms with Crippen molar-refractivity contribution in [2.45, 2.75) is 25.3 Å². The molecule has 4 rings (SSSR count). The first kappa shape index (κ1) is 15.9. The number of nitrogens with zero attached hydrogens (tertiary/aromatic N) is 5. The number of aromatic nitrogens is 4. The van der Waals surface area contributed by atoms with E-state index in [0.717, 1.165) is 49.6 Å². The van der Waals surface area contributed by atoms with Crippen LogP contribution >= 0.6 is 0 Å². The van der Waals surface area contributed by atoms with Crippen molar-refractivity contribution >= 4 is 0 Å². The molecule has 128 valence electrons. The van der Waals surface area contributed by atoms with E-state index in [4.69, 9.17) is 0 Å². The molecular formula is C19H20FN5. The number of hydrogen-bond acceptors (Lipinski definition) is 4. The van der Waals surface area contributed by atoms with Gasteiger partial charge in [0.2, 0.25) is 0 Å². The topological polar surface area (TPSA) is 46.8 Å². The second-order valence-electron chi connectivity index (χ2n) is 6.44. The third-order valence-corrected chi connectivity index (χ3v) is 4.67. The highest BCUT2D eigenvalue weighted by atomic mass is 19.1. The summed E-state index contributed by atoms with van der Waals surface area (Å²) in [4.78, 5) is 15.7. The van der Waals surface area contributed by atoms with Crippen molar-refractivity contribution in [3.05, 3.63) is 72.5 Å². The Bertz CT molecular complexity index is 816. The highest BCUT2D eigenvalue weighted by Crippen LogP contribution is 2.29. The third-order valence-electron chi connectivity index (χ3n) is 4.67.